The van der Waals surface area contributed by atoms with Crippen molar-refractivity contribution in [2.45, 2.75) is 32.7 Å². The Balaban J connectivity index is 1.85. The molecule has 1 aromatic carbocycles. The van der Waals surface area contributed by atoms with E-state index in [0.29, 0.717) is 12.6 Å². The predicted octanol–water partition coefficient (Wildman–Crippen LogP) is 2.57. The second kappa shape index (κ2) is 6.64. The van der Waals surface area contributed by atoms with Crippen LogP contribution in [0.25, 0.3) is 0 Å². The van der Waals surface area contributed by atoms with Crippen molar-refractivity contribution in [3.63, 3.8) is 0 Å². The van der Waals surface area contributed by atoms with Gasteiger partial charge in [0.25, 0.3) is 0 Å². The smallest absolute Gasteiger partial charge is 0.241 e. The first-order chi connectivity index (χ1) is 9.65. The summed E-state index contributed by atoms with van der Waals surface area (Å²) in [4.78, 5) is 16.1. The van der Waals surface area contributed by atoms with Gasteiger partial charge in [-0.3, -0.25) is 4.79 Å². The van der Waals surface area contributed by atoms with Gasteiger partial charge in [-0.25, -0.2) is 0 Å². The third kappa shape index (κ3) is 3.65. The van der Waals surface area contributed by atoms with Gasteiger partial charge in [-0.2, -0.15) is 0 Å². The van der Waals surface area contributed by atoms with E-state index in [4.69, 9.17) is 0 Å². The first kappa shape index (κ1) is 14.7. The van der Waals surface area contributed by atoms with E-state index in [1.807, 2.05) is 24.1 Å². The molecule has 0 atom stereocenters. The highest BCUT2D eigenvalue weighted by Crippen LogP contribution is 2.25. The molecule has 4 nitrogen and oxygen atoms in total. The fourth-order valence-corrected chi connectivity index (χ4v) is 2.35. The van der Waals surface area contributed by atoms with Gasteiger partial charge in [0.05, 0.1) is 6.54 Å². The van der Waals surface area contributed by atoms with Crippen molar-refractivity contribution in [1.29, 1.82) is 0 Å². The van der Waals surface area contributed by atoms with Crippen molar-refractivity contribution in [1.82, 2.24) is 4.90 Å². The number of likely N-dealkylation sites (N-methyl/N-ethyl adjacent to an activating group) is 1. The van der Waals surface area contributed by atoms with Crippen LogP contribution < -0.4 is 10.2 Å². The SMILES string of the molecule is CCN(CC)c1ccc(NCC(=O)N(C)C2CC2)cc1. The lowest BCUT2D eigenvalue weighted by Crippen LogP contribution is -2.33. The van der Waals surface area contributed by atoms with Crippen LogP contribution in [0.1, 0.15) is 26.7 Å². The topological polar surface area (TPSA) is 35.6 Å². The third-order valence-electron chi connectivity index (χ3n) is 3.93. The van der Waals surface area contributed by atoms with Crippen molar-refractivity contribution >= 4 is 17.3 Å². The summed E-state index contributed by atoms with van der Waals surface area (Å²) in [6.45, 7) is 6.70. The standard InChI is InChI=1S/C16H25N3O/c1-4-19(5-2)15-8-6-13(7-9-15)17-12-16(20)18(3)14-10-11-14/h6-9,14,17H,4-5,10-12H2,1-3H3. The minimum absolute atomic E-state index is 0.167. The first-order valence-electron chi connectivity index (χ1n) is 7.50. The van der Waals surface area contributed by atoms with Crippen molar-refractivity contribution in [2.75, 3.05) is 36.9 Å². The van der Waals surface area contributed by atoms with Gasteiger partial charge >= 0.3 is 0 Å². The summed E-state index contributed by atoms with van der Waals surface area (Å²) < 4.78 is 0. The van der Waals surface area contributed by atoms with Gasteiger partial charge in [-0.05, 0) is 51.0 Å². The Bertz CT molecular complexity index is 436. The molecule has 0 bridgehead atoms. The average Bonchev–Trinajstić information content (AvgIpc) is 3.31. The molecule has 1 amide bonds. The molecule has 1 fully saturated rings. The largest absolute Gasteiger partial charge is 0.376 e. The number of nitrogens with zero attached hydrogens (tertiary/aromatic N) is 2. The zero-order valence-electron chi connectivity index (χ0n) is 12.7. The van der Waals surface area contributed by atoms with Crippen LogP contribution in [0.3, 0.4) is 0 Å². The summed E-state index contributed by atoms with van der Waals surface area (Å²) in [6, 6.07) is 8.76. The fourth-order valence-electron chi connectivity index (χ4n) is 2.35. The number of amides is 1. The highest BCUT2D eigenvalue weighted by molar-refractivity contribution is 5.81. The van der Waals surface area contributed by atoms with E-state index < -0.39 is 0 Å². The van der Waals surface area contributed by atoms with Crippen LogP contribution >= 0.6 is 0 Å². The fraction of sp³-hybridized carbons (Fsp3) is 0.562. The van der Waals surface area contributed by atoms with E-state index in [2.05, 4.69) is 36.2 Å². The van der Waals surface area contributed by atoms with Gasteiger partial charge in [0.2, 0.25) is 5.91 Å². The second-order valence-corrected chi connectivity index (χ2v) is 5.31. The molecule has 0 heterocycles. The lowest BCUT2D eigenvalue weighted by atomic mass is 10.2. The number of benzene rings is 1. The molecule has 20 heavy (non-hydrogen) atoms. The highest BCUT2D eigenvalue weighted by Gasteiger charge is 2.29. The van der Waals surface area contributed by atoms with E-state index in [0.717, 1.165) is 31.6 Å². The molecule has 1 aliphatic rings. The summed E-state index contributed by atoms with van der Waals surface area (Å²) in [5, 5.41) is 3.20. The van der Waals surface area contributed by atoms with Gasteiger partial charge in [0, 0.05) is 37.6 Å². The van der Waals surface area contributed by atoms with Crippen molar-refractivity contribution in [3.05, 3.63) is 24.3 Å². The van der Waals surface area contributed by atoms with Gasteiger partial charge in [0.1, 0.15) is 0 Å². The van der Waals surface area contributed by atoms with Gasteiger partial charge in [0.15, 0.2) is 0 Å². The lowest BCUT2D eigenvalue weighted by molar-refractivity contribution is -0.128. The quantitative estimate of drug-likeness (QED) is 0.830. The maximum atomic E-state index is 11.9. The minimum atomic E-state index is 0.167. The molecule has 0 saturated heterocycles. The van der Waals surface area contributed by atoms with Gasteiger partial charge < -0.3 is 15.1 Å². The number of nitrogens with one attached hydrogen (secondary N) is 1. The van der Waals surface area contributed by atoms with Gasteiger partial charge in [-0.15, -0.1) is 0 Å². The maximum absolute atomic E-state index is 11.9. The summed E-state index contributed by atoms with van der Waals surface area (Å²) in [5.41, 5.74) is 2.22. The van der Waals surface area contributed by atoms with Crippen LogP contribution in [-0.4, -0.2) is 43.5 Å². The Morgan fingerprint density at radius 2 is 1.80 bits per heavy atom. The van der Waals surface area contributed by atoms with E-state index in [1.54, 1.807) is 0 Å². The van der Waals surface area contributed by atoms with Crippen LogP contribution in [0, 0.1) is 0 Å². The molecule has 1 aromatic rings. The second-order valence-electron chi connectivity index (χ2n) is 5.31. The highest BCUT2D eigenvalue weighted by atomic mass is 16.2. The molecule has 1 saturated carbocycles. The number of carbonyl (C=O) groups is 1. The summed E-state index contributed by atoms with van der Waals surface area (Å²) in [7, 11) is 1.89. The number of anilines is 2. The van der Waals surface area contributed by atoms with Crippen LogP contribution in [0.15, 0.2) is 24.3 Å². The Hall–Kier alpha value is -1.71. The summed E-state index contributed by atoms with van der Waals surface area (Å²) in [5.74, 6) is 0.167. The predicted molar refractivity (Wildman–Crippen MR) is 84.3 cm³/mol. The molecule has 0 unspecified atom stereocenters. The maximum Gasteiger partial charge on any atom is 0.241 e. The van der Waals surface area contributed by atoms with E-state index >= 15 is 0 Å². The molecule has 1 N–H and O–H groups in total. The average molecular weight is 275 g/mol. The lowest BCUT2D eigenvalue weighted by Gasteiger charge is -2.21. The molecule has 1 aliphatic carbocycles. The minimum Gasteiger partial charge on any atom is -0.376 e. The molecule has 110 valence electrons. The zero-order chi connectivity index (χ0) is 14.5. The Kier molecular flexibility index (Phi) is 4.88. The van der Waals surface area contributed by atoms with E-state index in [9.17, 15) is 4.79 Å². The summed E-state index contributed by atoms with van der Waals surface area (Å²) >= 11 is 0. The van der Waals surface area contributed by atoms with Gasteiger partial charge in [-0.1, -0.05) is 0 Å². The molecular formula is C16H25N3O. The normalized spacial score (nSPS) is 13.9. The molecular weight excluding hydrogens is 250 g/mol. The molecule has 0 radical (unpaired) electrons. The number of rotatable bonds is 7. The monoisotopic (exact) mass is 275 g/mol. The number of hydrogen-bond donors (Lipinski definition) is 1. The van der Waals surface area contributed by atoms with Crippen LogP contribution in [0.2, 0.25) is 0 Å². The molecule has 0 spiro atoms. The van der Waals surface area contributed by atoms with Crippen molar-refractivity contribution in [2.24, 2.45) is 0 Å². The van der Waals surface area contributed by atoms with Crippen LogP contribution in [-0.2, 0) is 4.79 Å². The van der Waals surface area contributed by atoms with Crippen LogP contribution in [0.5, 0.6) is 0 Å². The van der Waals surface area contributed by atoms with Crippen LogP contribution in [0.4, 0.5) is 11.4 Å². The number of hydrogen-bond acceptors (Lipinski definition) is 3. The summed E-state index contributed by atoms with van der Waals surface area (Å²) in [6.07, 6.45) is 2.31. The molecule has 0 aromatic heterocycles. The van der Waals surface area contributed by atoms with E-state index in [-0.39, 0.29) is 5.91 Å². The molecule has 4 heteroatoms. The third-order valence-corrected chi connectivity index (χ3v) is 3.93. The Morgan fingerprint density at radius 3 is 2.30 bits per heavy atom. The molecule has 0 aliphatic heterocycles. The first-order valence-corrected chi connectivity index (χ1v) is 7.50. The Labute approximate surface area is 121 Å². The zero-order valence-corrected chi connectivity index (χ0v) is 12.7. The Morgan fingerprint density at radius 1 is 1.20 bits per heavy atom. The van der Waals surface area contributed by atoms with Crippen molar-refractivity contribution in [3.8, 4) is 0 Å². The van der Waals surface area contributed by atoms with Crippen molar-refractivity contribution < 1.29 is 4.79 Å². The van der Waals surface area contributed by atoms with E-state index in [1.165, 1.54) is 5.69 Å². The number of carbonyl (C=O) groups excluding carboxylic acids is 1. The molecule has 2 rings (SSSR count).